The summed E-state index contributed by atoms with van der Waals surface area (Å²) in [5, 5.41) is 0.658. The van der Waals surface area contributed by atoms with Crippen molar-refractivity contribution in [1.29, 1.82) is 0 Å². The molecule has 2 atom stereocenters. The van der Waals surface area contributed by atoms with E-state index in [-0.39, 0.29) is 24.0 Å². The zero-order chi connectivity index (χ0) is 21.7. The predicted octanol–water partition coefficient (Wildman–Crippen LogP) is 4.84. The first-order valence-electron chi connectivity index (χ1n) is 10.1. The molecule has 2 amide bonds. The molecule has 0 aliphatic heterocycles. The fourth-order valence-corrected chi connectivity index (χ4v) is 3.84. The summed E-state index contributed by atoms with van der Waals surface area (Å²) < 4.78 is 6.11. The van der Waals surface area contributed by atoms with E-state index in [4.69, 9.17) is 16.3 Å². The Labute approximate surface area is 182 Å². The van der Waals surface area contributed by atoms with E-state index in [1.807, 2.05) is 55.6 Å². The van der Waals surface area contributed by atoms with E-state index in [1.54, 1.807) is 16.7 Å². The van der Waals surface area contributed by atoms with E-state index in [1.165, 1.54) is 6.08 Å². The second kappa shape index (κ2) is 9.81. The van der Waals surface area contributed by atoms with Crippen LogP contribution in [0.3, 0.4) is 0 Å². The van der Waals surface area contributed by atoms with Crippen molar-refractivity contribution in [2.75, 3.05) is 11.9 Å². The molecule has 0 heterocycles. The maximum Gasteiger partial charge on any atom is 0.250 e. The Morgan fingerprint density at radius 2 is 1.80 bits per heavy atom. The zero-order valence-corrected chi connectivity index (χ0v) is 18.1. The van der Waals surface area contributed by atoms with Crippen molar-refractivity contribution >= 4 is 29.1 Å². The third kappa shape index (κ3) is 5.42. The van der Waals surface area contributed by atoms with E-state index < -0.39 is 0 Å². The normalized spacial score (nSPS) is 18.0. The Morgan fingerprint density at radius 3 is 2.40 bits per heavy atom. The second-order valence-electron chi connectivity index (χ2n) is 7.59. The fraction of sp³-hybridized carbons (Fsp3) is 0.333. The van der Waals surface area contributed by atoms with E-state index >= 15 is 0 Å². The lowest BCUT2D eigenvalue weighted by Gasteiger charge is -2.23. The zero-order valence-electron chi connectivity index (χ0n) is 17.4. The van der Waals surface area contributed by atoms with Crippen molar-refractivity contribution in [3.63, 3.8) is 0 Å². The van der Waals surface area contributed by atoms with Crippen LogP contribution < -0.4 is 9.64 Å². The van der Waals surface area contributed by atoms with Crippen LogP contribution in [0.5, 0.6) is 5.75 Å². The van der Waals surface area contributed by atoms with Gasteiger partial charge in [0.1, 0.15) is 11.9 Å². The van der Waals surface area contributed by atoms with Crippen molar-refractivity contribution in [2.45, 2.75) is 44.9 Å². The highest BCUT2D eigenvalue weighted by molar-refractivity contribution is 6.30. The minimum atomic E-state index is -0.176. The van der Waals surface area contributed by atoms with Gasteiger partial charge in [-0.3, -0.25) is 9.59 Å². The first-order chi connectivity index (χ1) is 14.4. The molecule has 1 fully saturated rings. The van der Waals surface area contributed by atoms with Crippen molar-refractivity contribution in [2.24, 2.45) is 0 Å². The highest BCUT2D eigenvalue weighted by atomic mass is 35.5. The molecule has 1 aliphatic rings. The Hall–Kier alpha value is -2.79. The monoisotopic (exact) mass is 426 g/mol. The number of amides is 2. The topological polar surface area (TPSA) is 49.9 Å². The molecule has 3 rings (SSSR count). The molecule has 0 aromatic heterocycles. The first-order valence-corrected chi connectivity index (χ1v) is 10.4. The number of benzene rings is 2. The van der Waals surface area contributed by atoms with Crippen LogP contribution in [-0.4, -0.2) is 35.9 Å². The number of rotatable bonds is 7. The molecule has 6 heteroatoms. The smallest absolute Gasteiger partial charge is 0.250 e. The summed E-state index contributed by atoms with van der Waals surface area (Å²) in [5.41, 5.74) is 1.74. The van der Waals surface area contributed by atoms with Crippen molar-refractivity contribution in [1.82, 2.24) is 4.90 Å². The summed E-state index contributed by atoms with van der Waals surface area (Å²) in [5.74, 6) is 0.662. The lowest BCUT2D eigenvalue weighted by atomic mass is 10.2. The second-order valence-corrected chi connectivity index (χ2v) is 8.02. The van der Waals surface area contributed by atoms with Gasteiger partial charge in [-0.05, 0) is 60.9 Å². The van der Waals surface area contributed by atoms with Crippen LogP contribution in [0.25, 0.3) is 0 Å². The molecule has 0 saturated heterocycles. The van der Waals surface area contributed by atoms with Gasteiger partial charge in [0.05, 0.1) is 6.54 Å². The number of nitrogens with zero attached hydrogens (tertiary/aromatic N) is 2. The number of halogens is 1. The quantitative estimate of drug-likeness (QED) is 0.595. The van der Waals surface area contributed by atoms with Gasteiger partial charge in [0.25, 0.3) is 5.91 Å². The van der Waals surface area contributed by atoms with Gasteiger partial charge in [0.15, 0.2) is 0 Å². The molecule has 158 valence electrons. The summed E-state index contributed by atoms with van der Waals surface area (Å²) in [7, 11) is 1.84. The molecule has 0 N–H and O–H groups in total. The average Bonchev–Trinajstić information content (AvgIpc) is 3.21. The van der Waals surface area contributed by atoms with Gasteiger partial charge in [-0.25, -0.2) is 0 Å². The lowest BCUT2D eigenvalue weighted by Crippen LogP contribution is -2.34. The number of carbonyl (C=O) groups excluding carboxylic acids is 2. The van der Waals surface area contributed by atoms with Gasteiger partial charge in [-0.15, -0.1) is 0 Å². The van der Waals surface area contributed by atoms with Gasteiger partial charge in [0, 0.05) is 37.1 Å². The lowest BCUT2D eigenvalue weighted by molar-refractivity contribution is -0.129. The van der Waals surface area contributed by atoms with E-state index in [9.17, 15) is 9.59 Å². The van der Waals surface area contributed by atoms with E-state index in [2.05, 4.69) is 6.58 Å². The molecule has 0 unspecified atom stereocenters. The van der Waals surface area contributed by atoms with Crippen LogP contribution in [0.2, 0.25) is 5.02 Å². The SMILES string of the molecule is C=CC(=O)N(Cc1ccc(Cl)cc1)c1ccc(O[C@@H]2CC[C@@H](N(C)C(C)=O)C2)cc1. The Morgan fingerprint density at radius 1 is 1.13 bits per heavy atom. The minimum Gasteiger partial charge on any atom is -0.490 e. The first kappa shape index (κ1) is 21.9. The standard InChI is InChI=1S/C24H27ClN2O3/c1-4-24(29)27(16-18-5-7-19(25)8-6-18)20-9-12-22(13-10-20)30-23-14-11-21(15-23)26(3)17(2)28/h4-10,12-13,21,23H,1,11,14-16H2,2-3H3/t21-,23-/m1/s1. The molecule has 0 radical (unpaired) electrons. The van der Waals surface area contributed by atoms with Crippen LogP contribution in [0, 0.1) is 0 Å². The van der Waals surface area contributed by atoms with Crippen molar-refractivity contribution < 1.29 is 14.3 Å². The highest BCUT2D eigenvalue weighted by Gasteiger charge is 2.30. The van der Waals surface area contributed by atoms with Crippen LogP contribution in [0.4, 0.5) is 5.69 Å². The van der Waals surface area contributed by atoms with Gasteiger partial charge in [-0.2, -0.15) is 0 Å². The van der Waals surface area contributed by atoms with Crippen molar-refractivity contribution in [3.8, 4) is 5.75 Å². The third-order valence-corrected chi connectivity index (χ3v) is 5.80. The van der Waals surface area contributed by atoms with Crippen molar-refractivity contribution in [3.05, 3.63) is 71.8 Å². The number of hydrogen-bond acceptors (Lipinski definition) is 3. The number of hydrogen-bond donors (Lipinski definition) is 0. The Kier molecular flexibility index (Phi) is 7.16. The number of ether oxygens (including phenoxy) is 1. The summed E-state index contributed by atoms with van der Waals surface area (Å²) in [6.07, 6.45) is 4.09. The maximum absolute atomic E-state index is 12.4. The minimum absolute atomic E-state index is 0.0812. The van der Waals surface area contributed by atoms with Gasteiger partial charge in [0.2, 0.25) is 5.91 Å². The van der Waals surface area contributed by atoms with Gasteiger partial charge >= 0.3 is 0 Å². The van der Waals surface area contributed by atoms with Crippen LogP contribution in [0.1, 0.15) is 31.7 Å². The molecular formula is C24H27ClN2O3. The molecule has 30 heavy (non-hydrogen) atoms. The Balaban J connectivity index is 1.66. The third-order valence-electron chi connectivity index (χ3n) is 5.55. The summed E-state index contributed by atoms with van der Waals surface area (Å²) in [6.45, 7) is 5.63. The molecule has 5 nitrogen and oxygen atoms in total. The largest absolute Gasteiger partial charge is 0.490 e. The highest BCUT2D eigenvalue weighted by Crippen LogP contribution is 2.29. The molecule has 1 saturated carbocycles. The van der Waals surface area contributed by atoms with E-state index in [0.717, 1.165) is 36.3 Å². The summed E-state index contributed by atoms with van der Waals surface area (Å²) >= 11 is 5.95. The summed E-state index contributed by atoms with van der Waals surface area (Å²) in [4.78, 5) is 27.4. The van der Waals surface area contributed by atoms with Gasteiger partial charge in [-0.1, -0.05) is 30.3 Å². The van der Waals surface area contributed by atoms with Crippen LogP contribution in [0.15, 0.2) is 61.2 Å². The molecule has 2 aromatic carbocycles. The molecule has 0 spiro atoms. The average molecular weight is 427 g/mol. The van der Waals surface area contributed by atoms with Crippen LogP contribution in [-0.2, 0) is 16.1 Å². The predicted molar refractivity (Wildman–Crippen MR) is 120 cm³/mol. The number of anilines is 1. The maximum atomic E-state index is 12.4. The molecular weight excluding hydrogens is 400 g/mol. The van der Waals surface area contributed by atoms with Gasteiger partial charge < -0.3 is 14.5 Å². The molecule has 2 aromatic rings. The molecule has 0 bridgehead atoms. The van der Waals surface area contributed by atoms with E-state index in [0.29, 0.717) is 11.6 Å². The molecule has 1 aliphatic carbocycles. The fourth-order valence-electron chi connectivity index (χ4n) is 3.71. The number of carbonyl (C=O) groups is 2. The van der Waals surface area contributed by atoms with Crippen LogP contribution >= 0.6 is 11.6 Å². The Bertz CT molecular complexity index is 896. The summed E-state index contributed by atoms with van der Waals surface area (Å²) in [6, 6.07) is 15.2.